The summed E-state index contributed by atoms with van der Waals surface area (Å²) in [6.45, 7) is 1.91. The van der Waals surface area contributed by atoms with Crippen molar-refractivity contribution in [1.29, 1.82) is 0 Å². The van der Waals surface area contributed by atoms with Crippen molar-refractivity contribution in [2.24, 2.45) is 0 Å². The summed E-state index contributed by atoms with van der Waals surface area (Å²) in [6, 6.07) is 14.8. The number of para-hydroxylation sites is 1. The summed E-state index contributed by atoms with van der Waals surface area (Å²) in [4.78, 5) is 32.8. The fourth-order valence-electron chi connectivity index (χ4n) is 2.80. The summed E-state index contributed by atoms with van der Waals surface area (Å²) < 4.78 is 1.53. The number of hydrogen-bond donors (Lipinski definition) is 0. The number of fused-ring (bicyclic) bond motifs is 2. The molecule has 0 aliphatic heterocycles. The number of anilines is 1. The average Bonchev–Trinajstić information content (AvgIpc) is 3.07. The van der Waals surface area contributed by atoms with Crippen molar-refractivity contribution < 1.29 is 4.79 Å². The number of pyridine rings is 1. The van der Waals surface area contributed by atoms with Crippen molar-refractivity contribution in [1.82, 2.24) is 9.38 Å². The van der Waals surface area contributed by atoms with Crippen molar-refractivity contribution >= 4 is 38.8 Å². The fraction of sp³-hybridized carbons (Fsp3) is 0.105. The maximum Gasteiger partial charge on any atom is 0.268 e. The molecule has 0 N–H and O–H groups in total. The van der Waals surface area contributed by atoms with Gasteiger partial charge in [-0.2, -0.15) is 0 Å². The molecule has 0 fully saturated rings. The van der Waals surface area contributed by atoms with Gasteiger partial charge in [-0.3, -0.25) is 14.0 Å². The molecule has 0 aliphatic rings. The normalized spacial score (nSPS) is 11.1. The molecule has 124 valence electrons. The first kappa shape index (κ1) is 15.5. The van der Waals surface area contributed by atoms with E-state index in [9.17, 15) is 9.59 Å². The average molecular weight is 349 g/mol. The third kappa shape index (κ3) is 2.51. The van der Waals surface area contributed by atoms with Crippen molar-refractivity contribution in [2.75, 3.05) is 11.9 Å². The number of rotatable bonds is 2. The van der Waals surface area contributed by atoms with Gasteiger partial charge in [-0.1, -0.05) is 24.3 Å². The number of aryl methyl sites for hydroxylation is 1. The molecule has 3 aromatic heterocycles. The van der Waals surface area contributed by atoms with Crippen LogP contribution in [-0.4, -0.2) is 22.3 Å². The van der Waals surface area contributed by atoms with E-state index >= 15 is 0 Å². The Morgan fingerprint density at radius 3 is 2.68 bits per heavy atom. The van der Waals surface area contributed by atoms with E-state index in [4.69, 9.17) is 0 Å². The molecular weight excluding hydrogens is 334 g/mol. The lowest BCUT2D eigenvalue weighted by Gasteiger charge is -2.15. The number of hydrogen-bond acceptors (Lipinski definition) is 4. The van der Waals surface area contributed by atoms with Gasteiger partial charge in [0.1, 0.15) is 10.5 Å². The first-order valence-corrected chi connectivity index (χ1v) is 8.62. The molecule has 0 spiro atoms. The highest BCUT2D eigenvalue weighted by atomic mass is 32.1. The zero-order valence-corrected chi connectivity index (χ0v) is 14.6. The molecule has 0 bridgehead atoms. The number of amides is 1. The summed E-state index contributed by atoms with van der Waals surface area (Å²) in [6.07, 6.45) is 1.70. The van der Waals surface area contributed by atoms with Crippen LogP contribution in [0.5, 0.6) is 0 Å². The van der Waals surface area contributed by atoms with Gasteiger partial charge in [-0.15, -0.1) is 11.3 Å². The standard InChI is InChI=1S/C19H15N3O2S/c1-12-7-6-10-22-16(12)20-17-14(18(22)23)11-15(25-17)19(24)21(2)13-8-4-3-5-9-13/h3-11H,1-2H3. The predicted molar refractivity (Wildman–Crippen MR) is 101 cm³/mol. The minimum absolute atomic E-state index is 0.152. The third-order valence-electron chi connectivity index (χ3n) is 4.19. The van der Waals surface area contributed by atoms with Gasteiger partial charge in [0, 0.05) is 18.9 Å². The number of thiophene rings is 1. The van der Waals surface area contributed by atoms with Crippen LogP contribution in [0.2, 0.25) is 0 Å². The number of carbonyl (C=O) groups is 1. The van der Waals surface area contributed by atoms with E-state index in [1.807, 2.05) is 49.4 Å². The molecule has 25 heavy (non-hydrogen) atoms. The van der Waals surface area contributed by atoms with Crippen molar-refractivity contribution in [3.8, 4) is 0 Å². The molecule has 4 aromatic rings. The van der Waals surface area contributed by atoms with Crippen LogP contribution < -0.4 is 10.5 Å². The van der Waals surface area contributed by atoms with E-state index in [2.05, 4.69) is 4.98 Å². The van der Waals surface area contributed by atoms with Gasteiger partial charge in [0.25, 0.3) is 11.5 Å². The Bertz CT molecular complexity index is 1160. The first-order chi connectivity index (χ1) is 12.1. The maximum absolute atomic E-state index is 12.8. The van der Waals surface area contributed by atoms with Gasteiger partial charge >= 0.3 is 0 Å². The number of carbonyl (C=O) groups excluding carboxylic acids is 1. The molecule has 0 unspecified atom stereocenters. The van der Waals surface area contributed by atoms with E-state index in [-0.39, 0.29) is 11.5 Å². The molecule has 6 heteroatoms. The van der Waals surface area contributed by atoms with Gasteiger partial charge in [-0.05, 0) is 36.8 Å². The van der Waals surface area contributed by atoms with Gasteiger partial charge in [-0.25, -0.2) is 4.98 Å². The Morgan fingerprint density at radius 1 is 1.16 bits per heavy atom. The predicted octanol–water partition coefficient (Wildman–Crippen LogP) is 3.49. The van der Waals surface area contributed by atoms with Crippen LogP contribution in [0.1, 0.15) is 15.2 Å². The van der Waals surface area contributed by atoms with Crippen LogP contribution in [0.4, 0.5) is 5.69 Å². The van der Waals surface area contributed by atoms with E-state index in [1.165, 1.54) is 15.7 Å². The molecule has 0 aliphatic carbocycles. The summed E-state index contributed by atoms with van der Waals surface area (Å²) >= 11 is 1.25. The quantitative estimate of drug-likeness (QED) is 0.557. The molecule has 4 rings (SSSR count). The number of nitrogens with zero attached hydrogens (tertiary/aromatic N) is 3. The SMILES string of the molecule is Cc1cccn2c(=O)c3cc(C(=O)N(C)c4ccccc4)sc3nc12. The molecule has 0 saturated carbocycles. The van der Waals surface area contributed by atoms with Crippen LogP contribution in [0.3, 0.4) is 0 Å². The maximum atomic E-state index is 12.8. The smallest absolute Gasteiger partial charge is 0.268 e. The highest BCUT2D eigenvalue weighted by Crippen LogP contribution is 2.25. The van der Waals surface area contributed by atoms with Crippen LogP contribution in [0.15, 0.2) is 59.5 Å². The van der Waals surface area contributed by atoms with E-state index in [1.54, 1.807) is 24.2 Å². The third-order valence-corrected chi connectivity index (χ3v) is 5.21. The molecule has 0 saturated heterocycles. The molecule has 3 heterocycles. The Morgan fingerprint density at radius 2 is 1.92 bits per heavy atom. The van der Waals surface area contributed by atoms with Crippen LogP contribution >= 0.6 is 11.3 Å². The topological polar surface area (TPSA) is 54.7 Å². The fourth-order valence-corrected chi connectivity index (χ4v) is 3.80. The summed E-state index contributed by atoms with van der Waals surface area (Å²) in [5.41, 5.74) is 2.19. The molecule has 0 radical (unpaired) electrons. The van der Waals surface area contributed by atoms with Crippen LogP contribution in [0, 0.1) is 6.92 Å². The van der Waals surface area contributed by atoms with Crippen molar-refractivity contribution in [3.05, 3.63) is 75.5 Å². The highest BCUT2D eigenvalue weighted by Gasteiger charge is 2.19. The van der Waals surface area contributed by atoms with E-state index in [0.29, 0.717) is 20.7 Å². The monoisotopic (exact) mass is 349 g/mol. The second kappa shape index (κ2) is 5.82. The minimum Gasteiger partial charge on any atom is -0.311 e. The Kier molecular flexibility index (Phi) is 3.62. The lowest BCUT2D eigenvalue weighted by Crippen LogP contribution is -2.25. The first-order valence-electron chi connectivity index (χ1n) is 7.81. The van der Waals surface area contributed by atoms with Crippen molar-refractivity contribution in [3.63, 3.8) is 0 Å². The Hall–Kier alpha value is -2.99. The van der Waals surface area contributed by atoms with Crippen LogP contribution in [-0.2, 0) is 0 Å². The zero-order chi connectivity index (χ0) is 17.6. The van der Waals surface area contributed by atoms with Crippen molar-refractivity contribution in [2.45, 2.75) is 6.92 Å². The highest BCUT2D eigenvalue weighted by molar-refractivity contribution is 7.20. The van der Waals surface area contributed by atoms with Gasteiger partial charge in [0.05, 0.1) is 10.3 Å². The molecule has 1 amide bonds. The second-order valence-electron chi connectivity index (χ2n) is 5.83. The molecule has 1 aromatic carbocycles. The Balaban J connectivity index is 1.85. The summed E-state index contributed by atoms with van der Waals surface area (Å²) in [5, 5.41) is 0.470. The number of aromatic nitrogens is 2. The summed E-state index contributed by atoms with van der Waals surface area (Å²) in [5.74, 6) is -0.153. The van der Waals surface area contributed by atoms with E-state index < -0.39 is 0 Å². The minimum atomic E-state index is -0.153. The van der Waals surface area contributed by atoms with Crippen LogP contribution in [0.25, 0.3) is 15.9 Å². The molecule has 0 atom stereocenters. The lowest BCUT2D eigenvalue weighted by molar-refractivity contribution is 0.0997. The largest absolute Gasteiger partial charge is 0.311 e. The van der Waals surface area contributed by atoms with Gasteiger partial charge in [0.2, 0.25) is 0 Å². The summed E-state index contributed by atoms with van der Waals surface area (Å²) in [7, 11) is 1.73. The van der Waals surface area contributed by atoms with Gasteiger partial charge < -0.3 is 4.90 Å². The molecule has 5 nitrogen and oxygen atoms in total. The Labute approximate surface area is 147 Å². The lowest BCUT2D eigenvalue weighted by atomic mass is 10.2. The van der Waals surface area contributed by atoms with Gasteiger partial charge in [0.15, 0.2) is 0 Å². The van der Waals surface area contributed by atoms with E-state index in [0.717, 1.165) is 11.3 Å². The number of benzene rings is 1. The second-order valence-corrected chi connectivity index (χ2v) is 6.86. The zero-order valence-electron chi connectivity index (χ0n) is 13.8. The molecular formula is C19H15N3O2S.